The molecule has 2 unspecified atom stereocenters. The first kappa shape index (κ1) is 12.7. The summed E-state index contributed by atoms with van der Waals surface area (Å²) in [6, 6.07) is 5.14. The monoisotopic (exact) mass is 250 g/mol. The minimum absolute atomic E-state index is 0.0349. The number of nitrogens with zero attached hydrogens (tertiary/aromatic N) is 1. The molecule has 0 bridgehead atoms. The molecular formula is C13H18N2O3. The minimum Gasteiger partial charge on any atom is -0.487 e. The van der Waals surface area contributed by atoms with Crippen LogP contribution in [-0.4, -0.2) is 18.1 Å². The quantitative estimate of drug-likeness (QED) is 0.622. The molecule has 1 aliphatic carbocycles. The highest BCUT2D eigenvalue weighted by molar-refractivity contribution is 5.68. The zero-order valence-corrected chi connectivity index (χ0v) is 10.7. The normalized spacial score (nSPS) is 21.4. The maximum Gasteiger partial charge on any atom is 0.333 e. The van der Waals surface area contributed by atoms with Gasteiger partial charge in [0.25, 0.3) is 0 Å². The van der Waals surface area contributed by atoms with Crippen LogP contribution in [0.3, 0.4) is 0 Å². The van der Waals surface area contributed by atoms with E-state index in [1.165, 1.54) is 6.42 Å². The molecule has 0 heterocycles. The summed E-state index contributed by atoms with van der Waals surface area (Å²) in [7, 11) is 0. The SMILES string of the molecule is CCOc1cccc(NCC2CC2C)c1[N+](=O)[O-]. The van der Waals surface area contributed by atoms with Gasteiger partial charge in [-0.2, -0.15) is 0 Å². The Balaban J connectivity index is 2.16. The van der Waals surface area contributed by atoms with Crippen LogP contribution in [0, 0.1) is 22.0 Å². The molecule has 5 heteroatoms. The third kappa shape index (κ3) is 2.72. The van der Waals surface area contributed by atoms with E-state index < -0.39 is 0 Å². The molecular weight excluding hydrogens is 232 g/mol. The number of rotatable bonds is 6. The Labute approximate surface area is 106 Å². The number of nitrogens with one attached hydrogen (secondary N) is 1. The topological polar surface area (TPSA) is 64.4 Å². The van der Waals surface area contributed by atoms with Crippen molar-refractivity contribution in [2.75, 3.05) is 18.5 Å². The Kier molecular flexibility index (Phi) is 3.69. The zero-order chi connectivity index (χ0) is 13.1. The van der Waals surface area contributed by atoms with Crippen molar-refractivity contribution in [1.29, 1.82) is 0 Å². The highest BCUT2D eigenvalue weighted by Gasteiger charge is 2.32. The first-order valence-electron chi connectivity index (χ1n) is 6.27. The Morgan fingerprint density at radius 3 is 2.83 bits per heavy atom. The molecule has 18 heavy (non-hydrogen) atoms. The van der Waals surface area contributed by atoms with E-state index >= 15 is 0 Å². The number of para-hydroxylation sites is 1. The second kappa shape index (κ2) is 5.25. The van der Waals surface area contributed by atoms with Gasteiger partial charge in [-0.3, -0.25) is 10.1 Å². The molecule has 0 aliphatic heterocycles. The molecule has 1 aromatic carbocycles. The summed E-state index contributed by atoms with van der Waals surface area (Å²) in [6.45, 7) is 5.22. The van der Waals surface area contributed by atoms with Crippen molar-refractivity contribution in [1.82, 2.24) is 0 Å². The van der Waals surface area contributed by atoms with Crippen LogP contribution in [0.5, 0.6) is 5.75 Å². The van der Waals surface area contributed by atoms with Gasteiger partial charge in [0.2, 0.25) is 0 Å². The van der Waals surface area contributed by atoms with E-state index in [9.17, 15) is 10.1 Å². The maximum atomic E-state index is 11.1. The first-order valence-corrected chi connectivity index (χ1v) is 6.27. The van der Waals surface area contributed by atoms with Gasteiger partial charge >= 0.3 is 5.69 Å². The molecule has 1 aliphatic rings. The maximum absolute atomic E-state index is 11.1. The Bertz CT molecular complexity index is 448. The van der Waals surface area contributed by atoms with E-state index in [-0.39, 0.29) is 10.6 Å². The lowest BCUT2D eigenvalue weighted by Crippen LogP contribution is -2.08. The molecule has 0 saturated heterocycles. The average Bonchev–Trinajstić information content (AvgIpc) is 3.03. The van der Waals surface area contributed by atoms with Crippen LogP contribution in [0.1, 0.15) is 20.3 Å². The van der Waals surface area contributed by atoms with Crippen LogP contribution in [0.15, 0.2) is 18.2 Å². The van der Waals surface area contributed by atoms with Crippen molar-refractivity contribution in [3.8, 4) is 5.75 Å². The summed E-state index contributed by atoms with van der Waals surface area (Å²) in [6.07, 6.45) is 1.20. The van der Waals surface area contributed by atoms with Crippen molar-refractivity contribution < 1.29 is 9.66 Å². The fraction of sp³-hybridized carbons (Fsp3) is 0.538. The fourth-order valence-electron chi connectivity index (χ4n) is 2.05. The number of ether oxygens (including phenoxy) is 1. The second-order valence-electron chi connectivity index (χ2n) is 4.70. The smallest absolute Gasteiger partial charge is 0.333 e. The van der Waals surface area contributed by atoms with Crippen molar-refractivity contribution in [2.24, 2.45) is 11.8 Å². The molecule has 5 nitrogen and oxygen atoms in total. The largest absolute Gasteiger partial charge is 0.487 e. The minimum atomic E-state index is -0.385. The Hall–Kier alpha value is -1.78. The van der Waals surface area contributed by atoms with Gasteiger partial charge in [0.1, 0.15) is 5.69 Å². The summed E-state index contributed by atoms with van der Waals surface area (Å²) in [5.41, 5.74) is 0.581. The van der Waals surface area contributed by atoms with Gasteiger partial charge in [-0.05, 0) is 37.3 Å². The second-order valence-corrected chi connectivity index (χ2v) is 4.70. The molecule has 0 spiro atoms. The summed E-state index contributed by atoms with van der Waals surface area (Å²) < 4.78 is 5.30. The van der Waals surface area contributed by atoms with E-state index in [0.29, 0.717) is 24.0 Å². The summed E-state index contributed by atoms with van der Waals surface area (Å²) in [5, 5.41) is 14.3. The van der Waals surface area contributed by atoms with E-state index in [4.69, 9.17) is 4.74 Å². The summed E-state index contributed by atoms with van der Waals surface area (Å²) in [4.78, 5) is 10.7. The van der Waals surface area contributed by atoms with Gasteiger partial charge in [-0.1, -0.05) is 13.0 Å². The number of hydrogen-bond acceptors (Lipinski definition) is 4. The van der Waals surface area contributed by atoms with Crippen molar-refractivity contribution in [2.45, 2.75) is 20.3 Å². The number of benzene rings is 1. The molecule has 2 atom stereocenters. The van der Waals surface area contributed by atoms with Gasteiger partial charge in [-0.25, -0.2) is 0 Å². The molecule has 98 valence electrons. The summed E-state index contributed by atoms with van der Waals surface area (Å²) in [5.74, 6) is 1.70. The van der Waals surface area contributed by atoms with Gasteiger partial charge in [0.05, 0.1) is 11.5 Å². The van der Waals surface area contributed by atoms with Crippen LogP contribution >= 0.6 is 0 Å². The number of nitro groups is 1. The van der Waals surface area contributed by atoms with Crippen molar-refractivity contribution in [3.05, 3.63) is 28.3 Å². The highest BCUT2D eigenvalue weighted by atomic mass is 16.6. The lowest BCUT2D eigenvalue weighted by atomic mass is 10.2. The van der Waals surface area contributed by atoms with Crippen LogP contribution < -0.4 is 10.1 Å². The van der Waals surface area contributed by atoms with Gasteiger partial charge in [0, 0.05) is 6.54 Å². The van der Waals surface area contributed by atoms with Gasteiger partial charge < -0.3 is 10.1 Å². The third-order valence-corrected chi connectivity index (χ3v) is 3.31. The Morgan fingerprint density at radius 1 is 1.56 bits per heavy atom. The van der Waals surface area contributed by atoms with Crippen LogP contribution in [-0.2, 0) is 0 Å². The molecule has 1 saturated carbocycles. The number of hydrogen-bond donors (Lipinski definition) is 1. The van der Waals surface area contributed by atoms with Crippen molar-refractivity contribution in [3.63, 3.8) is 0 Å². The lowest BCUT2D eigenvalue weighted by Gasteiger charge is -2.10. The fourth-order valence-corrected chi connectivity index (χ4v) is 2.05. The number of anilines is 1. The lowest BCUT2D eigenvalue weighted by molar-refractivity contribution is -0.384. The highest BCUT2D eigenvalue weighted by Crippen LogP contribution is 2.39. The third-order valence-electron chi connectivity index (χ3n) is 3.31. The Morgan fingerprint density at radius 2 is 2.28 bits per heavy atom. The molecule has 1 N–H and O–H groups in total. The van der Waals surface area contributed by atoms with E-state index in [2.05, 4.69) is 12.2 Å². The van der Waals surface area contributed by atoms with Crippen LogP contribution in [0.25, 0.3) is 0 Å². The zero-order valence-electron chi connectivity index (χ0n) is 10.7. The molecule has 0 amide bonds. The van der Waals surface area contributed by atoms with Gasteiger partial charge in [-0.15, -0.1) is 0 Å². The van der Waals surface area contributed by atoms with Crippen LogP contribution in [0.2, 0.25) is 0 Å². The van der Waals surface area contributed by atoms with Crippen molar-refractivity contribution >= 4 is 11.4 Å². The van der Waals surface area contributed by atoms with E-state index in [1.54, 1.807) is 18.2 Å². The first-order chi connectivity index (χ1) is 8.63. The molecule has 0 aromatic heterocycles. The molecule has 1 fully saturated rings. The molecule has 1 aromatic rings. The van der Waals surface area contributed by atoms with E-state index in [0.717, 1.165) is 12.5 Å². The molecule has 2 rings (SSSR count). The average molecular weight is 250 g/mol. The van der Waals surface area contributed by atoms with E-state index in [1.807, 2.05) is 6.92 Å². The summed E-state index contributed by atoms with van der Waals surface area (Å²) >= 11 is 0. The predicted molar refractivity (Wildman–Crippen MR) is 70.0 cm³/mol. The van der Waals surface area contributed by atoms with Gasteiger partial charge in [0.15, 0.2) is 5.75 Å². The van der Waals surface area contributed by atoms with Crippen LogP contribution in [0.4, 0.5) is 11.4 Å². The molecule has 0 radical (unpaired) electrons. The number of nitro benzene ring substituents is 1. The standard InChI is InChI=1S/C13H18N2O3/c1-3-18-12-6-4-5-11(13(12)15(16)17)14-8-10-7-9(10)2/h4-6,9-10,14H,3,7-8H2,1-2H3. The predicted octanol–water partition coefficient (Wildman–Crippen LogP) is 3.06.